The number of hydrogen-bond donors (Lipinski definition) is 0. The van der Waals surface area contributed by atoms with Crippen LogP contribution in [0.15, 0.2) is 18.2 Å². The van der Waals surface area contributed by atoms with Crippen molar-refractivity contribution in [3.8, 4) is 5.75 Å². The van der Waals surface area contributed by atoms with Gasteiger partial charge in [0, 0.05) is 31.0 Å². The highest BCUT2D eigenvalue weighted by Crippen LogP contribution is 2.16. The first-order chi connectivity index (χ1) is 11.4. The van der Waals surface area contributed by atoms with Crippen LogP contribution in [0.4, 0.5) is 8.78 Å². The highest BCUT2D eigenvalue weighted by Gasteiger charge is 2.09. The quantitative estimate of drug-likeness (QED) is 0.359. The average molecular weight is 342 g/mol. The standard InChI is InChI=1S/C18H24F2O4/c1-13(2)6-5-9-23-17(21)7-3-4-8-18(22)24-16-11-14(19)10-15(20)12-16/h10-13H,3-9H2,1-2H3. The SMILES string of the molecule is CC(C)CCCOC(=O)CCCCC(=O)Oc1cc(F)cc(F)c1. The Hall–Kier alpha value is -1.98. The van der Waals surface area contributed by atoms with E-state index in [9.17, 15) is 18.4 Å². The number of benzene rings is 1. The molecule has 134 valence electrons. The van der Waals surface area contributed by atoms with Gasteiger partial charge in [-0.25, -0.2) is 8.78 Å². The molecule has 0 amide bonds. The monoisotopic (exact) mass is 342 g/mol. The Bertz CT molecular complexity index is 524. The molecule has 6 heteroatoms. The molecular weight excluding hydrogens is 318 g/mol. The van der Waals surface area contributed by atoms with Crippen molar-refractivity contribution in [2.45, 2.75) is 52.4 Å². The van der Waals surface area contributed by atoms with Crippen molar-refractivity contribution in [3.63, 3.8) is 0 Å². The number of unbranched alkanes of at least 4 members (excludes halogenated alkanes) is 1. The Labute approximate surface area is 141 Å². The van der Waals surface area contributed by atoms with E-state index in [0.29, 0.717) is 31.4 Å². The normalized spacial score (nSPS) is 10.7. The van der Waals surface area contributed by atoms with E-state index < -0.39 is 17.6 Å². The van der Waals surface area contributed by atoms with Crippen molar-refractivity contribution in [2.75, 3.05) is 6.61 Å². The molecule has 0 aromatic heterocycles. The number of hydrogen-bond acceptors (Lipinski definition) is 4. The van der Waals surface area contributed by atoms with Crippen LogP contribution in [0.5, 0.6) is 5.75 Å². The number of halogens is 2. The summed E-state index contributed by atoms with van der Waals surface area (Å²) in [6.07, 6.45) is 3.11. The predicted octanol–water partition coefficient (Wildman–Crippen LogP) is 4.41. The molecule has 0 heterocycles. The molecule has 1 rings (SSSR count). The van der Waals surface area contributed by atoms with Crippen LogP contribution in [0, 0.1) is 17.6 Å². The van der Waals surface area contributed by atoms with Crippen LogP contribution in [-0.2, 0) is 14.3 Å². The first-order valence-electron chi connectivity index (χ1n) is 8.19. The molecule has 24 heavy (non-hydrogen) atoms. The minimum absolute atomic E-state index is 0.0682. The maximum Gasteiger partial charge on any atom is 0.311 e. The van der Waals surface area contributed by atoms with Crippen molar-refractivity contribution in [2.24, 2.45) is 5.92 Å². The molecule has 0 fully saturated rings. The maximum absolute atomic E-state index is 13.0. The zero-order valence-corrected chi connectivity index (χ0v) is 14.1. The average Bonchev–Trinajstić information content (AvgIpc) is 2.47. The Morgan fingerprint density at radius 1 is 0.958 bits per heavy atom. The molecule has 0 atom stereocenters. The van der Waals surface area contributed by atoms with Gasteiger partial charge in [-0.1, -0.05) is 13.8 Å². The third-order valence-electron chi connectivity index (χ3n) is 3.27. The largest absolute Gasteiger partial charge is 0.466 e. The fraction of sp³-hybridized carbons (Fsp3) is 0.556. The summed E-state index contributed by atoms with van der Waals surface area (Å²) < 4.78 is 35.9. The van der Waals surface area contributed by atoms with Crippen molar-refractivity contribution in [3.05, 3.63) is 29.8 Å². The second kappa shape index (κ2) is 10.7. The molecule has 0 unspecified atom stereocenters. The van der Waals surface area contributed by atoms with E-state index in [2.05, 4.69) is 13.8 Å². The molecule has 0 aliphatic carbocycles. The Balaban J connectivity index is 2.13. The lowest BCUT2D eigenvalue weighted by Crippen LogP contribution is -2.09. The topological polar surface area (TPSA) is 52.6 Å². The third-order valence-corrected chi connectivity index (χ3v) is 3.27. The molecular formula is C18H24F2O4. The summed E-state index contributed by atoms with van der Waals surface area (Å²) in [4.78, 5) is 23.0. The molecule has 0 bridgehead atoms. The molecule has 0 radical (unpaired) electrons. The van der Waals surface area contributed by atoms with Gasteiger partial charge in [-0.2, -0.15) is 0 Å². The molecule has 0 saturated carbocycles. The number of ether oxygens (including phenoxy) is 2. The van der Waals surface area contributed by atoms with E-state index in [1.807, 2.05) is 0 Å². The summed E-state index contributed by atoms with van der Waals surface area (Å²) in [7, 11) is 0. The summed E-state index contributed by atoms with van der Waals surface area (Å²) in [5.74, 6) is -2.07. The minimum atomic E-state index is -0.807. The summed E-state index contributed by atoms with van der Waals surface area (Å²) in [6.45, 7) is 4.64. The Kier molecular flexibility index (Phi) is 8.97. The lowest BCUT2D eigenvalue weighted by atomic mass is 10.1. The summed E-state index contributed by atoms with van der Waals surface area (Å²) in [6, 6.07) is 2.58. The van der Waals surface area contributed by atoms with Crippen molar-refractivity contribution in [1.82, 2.24) is 0 Å². The molecule has 0 spiro atoms. The van der Waals surface area contributed by atoms with E-state index in [1.165, 1.54) is 0 Å². The van der Waals surface area contributed by atoms with Gasteiger partial charge in [-0.05, 0) is 31.6 Å². The fourth-order valence-corrected chi connectivity index (χ4v) is 2.06. The first-order valence-corrected chi connectivity index (χ1v) is 8.19. The number of carbonyl (C=O) groups is 2. The smallest absolute Gasteiger partial charge is 0.311 e. The summed E-state index contributed by atoms with van der Waals surface area (Å²) in [5, 5.41) is 0. The molecule has 4 nitrogen and oxygen atoms in total. The van der Waals surface area contributed by atoms with Gasteiger partial charge in [-0.3, -0.25) is 9.59 Å². The van der Waals surface area contributed by atoms with Gasteiger partial charge in [0.2, 0.25) is 0 Å². The van der Waals surface area contributed by atoms with Crippen LogP contribution in [0.1, 0.15) is 52.4 Å². The molecule has 0 aliphatic rings. The second-order valence-corrected chi connectivity index (χ2v) is 6.04. The van der Waals surface area contributed by atoms with Gasteiger partial charge in [0.1, 0.15) is 17.4 Å². The zero-order chi connectivity index (χ0) is 17.9. The first kappa shape index (κ1) is 20.1. The summed E-state index contributed by atoms with van der Waals surface area (Å²) >= 11 is 0. The van der Waals surface area contributed by atoms with Crippen LogP contribution in [-0.4, -0.2) is 18.5 Å². The second-order valence-electron chi connectivity index (χ2n) is 6.04. The van der Waals surface area contributed by atoms with E-state index in [4.69, 9.17) is 9.47 Å². The van der Waals surface area contributed by atoms with Crippen LogP contribution in [0.3, 0.4) is 0 Å². The minimum Gasteiger partial charge on any atom is -0.466 e. The Morgan fingerprint density at radius 2 is 1.54 bits per heavy atom. The van der Waals surface area contributed by atoms with E-state index in [-0.39, 0.29) is 24.6 Å². The lowest BCUT2D eigenvalue weighted by molar-refractivity contribution is -0.144. The third kappa shape index (κ3) is 9.22. The van der Waals surface area contributed by atoms with E-state index in [0.717, 1.165) is 25.0 Å². The molecule has 1 aromatic rings. The van der Waals surface area contributed by atoms with E-state index in [1.54, 1.807) is 0 Å². The molecule has 0 aliphatic heterocycles. The van der Waals surface area contributed by atoms with E-state index >= 15 is 0 Å². The molecule has 1 aromatic carbocycles. The fourth-order valence-electron chi connectivity index (χ4n) is 2.06. The highest BCUT2D eigenvalue weighted by atomic mass is 19.1. The Morgan fingerprint density at radius 3 is 2.12 bits per heavy atom. The highest BCUT2D eigenvalue weighted by molar-refractivity contribution is 5.72. The van der Waals surface area contributed by atoms with Gasteiger partial charge < -0.3 is 9.47 Å². The van der Waals surface area contributed by atoms with Crippen LogP contribution < -0.4 is 4.74 Å². The molecule has 0 N–H and O–H groups in total. The van der Waals surface area contributed by atoms with Crippen LogP contribution in [0.25, 0.3) is 0 Å². The van der Waals surface area contributed by atoms with Crippen molar-refractivity contribution >= 4 is 11.9 Å². The van der Waals surface area contributed by atoms with Crippen LogP contribution >= 0.6 is 0 Å². The zero-order valence-electron chi connectivity index (χ0n) is 14.1. The van der Waals surface area contributed by atoms with Crippen LogP contribution in [0.2, 0.25) is 0 Å². The lowest BCUT2D eigenvalue weighted by Gasteiger charge is -2.07. The van der Waals surface area contributed by atoms with Gasteiger partial charge in [0.15, 0.2) is 0 Å². The van der Waals surface area contributed by atoms with Gasteiger partial charge in [-0.15, -0.1) is 0 Å². The number of rotatable bonds is 10. The van der Waals surface area contributed by atoms with Gasteiger partial charge >= 0.3 is 11.9 Å². The van der Waals surface area contributed by atoms with Crippen molar-refractivity contribution in [1.29, 1.82) is 0 Å². The van der Waals surface area contributed by atoms with Gasteiger partial charge in [0.05, 0.1) is 6.61 Å². The summed E-state index contributed by atoms with van der Waals surface area (Å²) in [5.41, 5.74) is 0. The molecule has 0 saturated heterocycles. The van der Waals surface area contributed by atoms with Gasteiger partial charge in [0.25, 0.3) is 0 Å². The maximum atomic E-state index is 13.0. The number of carbonyl (C=O) groups excluding carboxylic acids is 2. The van der Waals surface area contributed by atoms with Crippen molar-refractivity contribution < 1.29 is 27.8 Å². The number of esters is 2. The predicted molar refractivity (Wildman–Crippen MR) is 85.5 cm³/mol.